The van der Waals surface area contributed by atoms with E-state index in [0.29, 0.717) is 26.7 Å². The van der Waals surface area contributed by atoms with Crippen molar-refractivity contribution in [2.75, 3.05) is 13.1 Å². The van der Waals surface area contributed by atoms with Gasteiger partial charge in [0, 0.05) is 43.1 Å². The average molecular weight is 507 g/mol. The fourth-order valence-electron chi connectivity index (χ4n) is 4.56. The number of carbonyl (C=O) groups excluding carboxylic acids is 2. The molecule has 36 heavy (non-hydrogen) atoms. The second-order valence-corrected chi connectivity index (χ2v) is 10.0. The van der Waals surface area contributed by atoms with Crippen molar-refractivity contribution < 1.29 is 18.4 Å². The molecule has 2 amide bonds. The standard InChI is InChI=1S/C27H24F2N4O2S/c1-17-32-23(19-7-3-2-4-8-19)24(36-17)26(35)33-14-12-27(28,29)15-20(33)16-31-25(34)21-11-5-9-18-10-6-13-30-22(18)21/h2-11,13,20H,12,14-16H2,1H3,(H,31,34). The van der Waals surface area contributed by atoms with Gasteiger partial charge >= 0.3 is 0 Å². The Bertz CT molecular complexity index is 1420. The minimum atomic E-state index is -2.92. The highest BCUT2D eigenvalue weighted by Gasteiger charge is 2.43. The number of rotatable bonds is 5. The highest BCUT2D eigenvalue weighted by molar-refractivity contribution is 7.14. The van der Waals surface area contributed by atoms with Crippen LogP contribution in [0, 0.1) is 6.92 Å². The van der Waals surface area contributed by atoms with Crippen molar-refractivity contribution >= 4 is 34.1 Å². The maximum atomic E-state index is 14.4. The van der Waals surface area contributed by atoms with E-state index in [1.807, 2.05) is 49.4 Å². The summed E-state index contributed by atoms with van der Waals surface area (Å²) >= 11 is 1.25. The lowest BCUT2D eigenvalue weighted by Gasteiger charge is -2.39. The number of likely N-dealkylation sites (tertiary alicyclic amines) is 1. The van der Waals surface area contributed by atoms with E-state index in [4.69, 9.17) is 0 Å². The van der Waals surface area contributed by atoms with E-state index in [9.17, 15) is 18.4 Å². The predicted molar refractivity (Wildman–Crippen MR) is 135 cm³/mol. The summed E-state index contributed by atoms with van der Waals surface area (Å²) < 4.78 is 28.9. The molecular weight excluding hydrogens is 482 g/mol. The van der Waals surface area contributed by atoms with Crippen LogP contribution in [-0.4, -0.2) is 51.7 Å². The van der Waals surface area contributed by atoms with Gasteiger partial charge in [0.05, 0.1) is 27.8 Å². The van der Waals surface area contributed by atoms with Crippen LogP contribution in [0.4, 0.5) is 8.78 Å². The van der Waals surface area contributed by atoms with Crippen LogP contribution >= 0.6 is 11.3 Å². The Balaban J connectivity index is 1.39. The molecular formula is C27H24F2N4O2S. The predicted octanol–water partition coefficient (Wildman–Crippen LogP) is 5.34. The first-order valence-corrected chi connectivity index (χ1v) is 12.5. The lowest BCUT2D eigenvalue weighted by Crippen LogP contribution is -2.54. The van der Waals surface area contributed by atoms with Crippen LogP contribution in [0.15, 0.2) is 66.9 Å². The van der Waals surface area contributed by atoms with E-state index < -0.39 is 30.7 Å². The Hall–Kier alpha value is -3.72. The molecule has 184 valence electrons. The number of nitrogens with one attached hydrogen (secondary N) is 1. The van der Waals surface area contributed by atoms with Crippen molar-refractivity contribution in [1.82, 2.24) is 20.2 Å². The van der Waals surface area contributed by atoms with Gasteiger partial charge in [-0.2, -0.15) is 0 Å². The summed E-state index contributed by atoms with van der Waals surface area (Å²) in [7, 11) is 0. The zero-order valence-electron chi connectivity index (χ0n) is 19.6. The van der Waals surface area contributed by atoms with Gasteiger partial charge in [0.1, 0.15) is 4.88 Å². The highest BCUT2D eigenvalue weighted by Crippen LogP contribution is 2.35. The Labute approximate surface area is 211 Å². The van der Waals surface area contributed by atoms with E-state index in [-0.39, 0.29) is 19.0 Å². The Morgan fingerprint density at radius 1 is 1.11 bits per heavy atom. The Kier molecular flexibility index (Phi) is 6.49. The molecule has 9 heteroatoms. The number of benzene rings is 2. The number of para-hydroxylation sites is 1. The van der Waals surface area contributed by atoms with Crippen molar-refractivity contribution in [2.24, 2.45) is 0 Å². The second kappa shape index (κ2) is 9.73. The summed E-state index contributed by atoms with van der Waals surface area (Å²) in [5.74, 6) is -3.68. The number of aryl methyl sites for hydroxylation is 1. The quantitative estimate of drug-likeness (QED) is 0.397. The molecule has 1 aliphatic heterocycles. The summed E-state index contributed by atoms with van der Waals surface area (Å²) in [6.07, 6.45) is 0.655. The minimum absolute atomic E-state index is 0.0954. The maximum absolute atomic E-state index is 14.4. The fourth-order valence-corrected chi connectivity index (χ4v) is 5.46. The van der Waals surface area contributed by atoms with Crippen LogP contribution < -0.4 is 5.32 Å². The van der Waals surface area contributed by atoms with E-state index >= 15 is 0 Å². The smallest absolute Gasteiger partial charge is 0.266 e. The summed E-state index contributed by atoms with van der Waals surface area (Å²) in [5, 5.41) is 4.29. The normalized spacial score (nSPS) is 17.2. The van der Waals surface area contributed by atoms with Crippen LogP contribution in [-0.2, 0) is 0 Å². The molecule has 1 aliphatic rings. The summed E-state index contributed by atoms with van der Waals surface area (Å²) in [5.41, 5.74) is 2.23. The lowest BCUT2D eigenvalue weighted by molar-refractivity contribution is -0.0689. The topological polar surface area (TPSA) is 75.2 Å². The molecule has 2 aromatic carbocycles. The second-order valence-electron chi connectivity index (χ2n) is 8.83. The first kappa shape index (κ1) is 24.0. The molecule has 4 aromatic rings. The molecule has 2 aromatic heterocycles. The monoisotopic (exact) mass is 506 g/mol. The zero-order valence-corrected chi connectivity index (χ0v) is 20.4. The number of alkyl halides is 2. The van der Waals surface area contributed by atoms with Gasteiger partial charge in [0.25, 0.3) is 17.7 Å². The number of amides is 2. The van der Waals surface area contributed by atoms with E-state index in [2.05, 4.69) is 15.3 Å². The SMILES string of the molecule is Cc1nc(-c2ccccc2)c(C(=O)N2CCC(F)(F)CC2CNC(=O)c2cccc3cccnc23)s1. The molecule has 0 saturated carbocycles. The average Bonchev–Trinajstić information content (AvgIpc) is 3.28. The van der Waals surface area contributed by atoms with Crippen LogP contribution in [0.25, 0.3) is 22.2 Å². The molecule has 1 fully saturated rings. The summed E-state index contributed by atoms with van der Waals surface area (Å²) in [6, 6.07) is 17.3. The summed E-state index contributed by atoms with van der Waals surface area (Å²) in [4.78, 5) is 37.4. The van der Waals surface area contributed by atoms with Crippen LogP contribution in [0.2, 0.25) is 0 Å². The van der Waals surface area contributed by atoms with Crippen LogP contribution in [0.3, 0.4) is 0 Å². The number of halogens is 2. The van der Waals surface area contributed by atoms with Gasteiger partial charge in [-0.25, -0.2) is 13.8 Å². The molecule has 5 rings (SSSR count). The van der Waals surface area contributed by atoms with Crippen molar-refractivity contribution in [3.05, 3.63) is 82.3 Å². The molecule has 1 unspecified atom stereocenters. The van der Waals surface area contributed by atoms with Gasteiger partial charge in [-0.05, 0) is 19.1 Å². The van der Waals surface area contributed by atoms with Crippen LogP contribution in [0.1, 0.15) is 37.9 Å². The van der Waals surface area contributed by atoms with Gasteiger partial charge in [-0.15, -0.1) is 11.3 Å². The number of fused-ring (bicyclic) bond motifs is 1. The summed E-state index contributed by atoms with van der Waals surface area (Å²) in [6.45, 7) is 1.61. The first-order valence-electron chi connectivity index (χ1n) is 11.7. The number of carbonyl (C=O) groups is 2. The van der Waals surface area contributed by atoms with Gasteiger partial charge in [0.2, 0.25) is 0 Å². The van der Waals surface area contributed by atoms with E-state index in [0.717, 1.165) is 10.9 Å². The molecule has 6 nitrogen and oxygen atoms in total. The molecule has 1 saturated heterocycles. The fraction of sp³-hybridized carbons (Fsp3) is 0.259. The molecule has 0 radical (unpaired) electrons. The lowest BCUT2D eigenvalue weighted by atomic mass is 9.97. The van der Waals surface area contributed by atoms with Crippen molar-refractivity contribution in [3.63, 3.8) is 0 Å². The largest absolute Gasteiger partial charge is 0.350 e. The molecule has 3 heterocycles. The van der Waals surface area contributed by atoms with E-state index in [1.165, 1.54) is 16.2 Å². The number of piperidine rings is 1. The van der Waals surface area contributed by atoms with Gasteiger partial charge in [-0.3, -0.25) is 14.6 Å². The van der Waals surface area contributed by atoms with Crippen molar-refractivity contribution in [3.8, 4) is 11.3 Å². The minimum Gasteiger partial charge on any atom is -0.350 e. The third-order valence-electron chi connectivity index (χ3n) is 6.31. The number of hydrogen-bond acceptors (Lipinski definition) is 5. The number of nitrogens with zero attached hydrogens (tertiary/aromatic N) is 3. The molecule has 0 bridgehead atoms. The first-order chi connectivity index (χ1) is 17.3. The molecule has 0 aliphatic carbocycles. The third-order valence-corrected chi connectivity index (χ3v) is 7.26. The Morgan fingerprint density at radius 3 is 2.69 bits per heavy atom. The molecule has 0 spiro atoms. The van der Waals surface area contributed by atoms with Gasteiger partial charge in [-0.1, -0.05) is 48.5 Å². The zero-order chi connectivity index (χ0) is 25.3. The van der Waals surface area contributed by atoms with Gasteiger partial charge in [0.15, 0.2) is 0 Å². The van der Waals surface area contributed by atoms with E-state index in [1.54, 1.807) is 24.4 Å². The van der Waals surface area contributed by atoms with Crippen molar-refractivity contribution in [1.29, 1.82) is 0 Å². The maximum Gasteiger partial charge on any atom is 0.266 e. The molecule has 1 N–H and O–H groups in total. The molecule has 1 atom stereocenters. The highest BCUT2D eigenvalue weighted by atomic mass is 32.1. The number of thiazole rings is 1. The van der Waals surface area contributed by atoms with Crippen molar-refractivity contribution in [2.45, 2.75) is 31.7 Å². The third kappa shape index (κ3) is 4.83. The Morgan fingerprint density at radius 2 is 1.89 bits per heavy atom. The number of pyridine rings is 1. The number of hydrogen-bond donors (Lipinski definition) is 1. The number of aromatic nitrogens is 2. The van der Waals surface area contributed by atoms with Crippen LogP contribution in [0.5, 0.6) is 0 Å². The van der Waals surface area contributed by atoms with Gasteiger partial charge < -0.3 is 10.2 Å².